The zero-order valence-corrected chi connectivity index (χ0v) is 18.1. The Morgan fingerprint density at radius 3 is 2.48 bits per heavy atom. The molecule has 2 aromatic carbocycles. The van der Waals surface area contributed by atoms with Crippen LogP contribution in [0.3, 0.4) is 0 Å². The number of nitrogens with zero attached hydrogens (tertiary/aromatic N) is 1. The molecule has 0 aromatic heterocycles. The fraction of sp³-hybridized carbons (Fsp3) is 0.318. The predicted molar refractivity (Wildman–Crippen MR) is 115 cm³/mol. The lowest BCUT2D eigenvalue weighted by Crippen LogP contribution is -2.43. The van der Waals surface area contributed by atoms with Crippen LogP contribution in [0.2, 0.25) is 0 Å². The van der Waals surface area contributed by atoms with Crippen LogP contribution in [0.4, 0.5) is 10.1 Å². The Bertz CT molecular complexity index is 1030. The topological polar surface area (TPSA) is 95.6 Å². The van der Waals surface area contributed by atoms with E-state index in [1.165, 1.54) is 30.2 Å². The second-order valence-electron chi connectivity index (χ2n) is 7.35. The van der Waals surface area contributed by atoms with Gasteiger partial charge in [0.15, 0.2) is 0 Å². The van der Waals surface area contributed by atoms with Crippen molar-refractivity contribution in [2.24, 2.45) is 0 Å². The van der Waals surface area contributed by atoms with Gasteiger partial charge in [-0.25, -0.2) is 4.39 Å². The molecule has 164 valence electrons. The summed E-state index contributed by atoms with van der Waals surface area (Å²) in [6.45, 7) is 2.26. The number of carbonyl (C=O) groups excluding carboxylic acids is 3. The number of hydrogen-bond donors (Lipinski definition) is 2. The molecule has 2 N–H and O–H groups in total. The van der Waals surface area contributed by atoms with Gasteiger partial charge < -0.3 is 15.5 Å². The summed E-state index contributed by atoms with van der Waals surface area (Å²) in [6, 6.07) is 10.2. The molecule has 1 fully saturated rings. The first kappa shape index (κ1) is 22.6. The Balaban J connectivity index is 1.68. The Labute approximate surface area is 182 Å². The summed E-state index contributed by atoms with van der Waals surface area (Å²) in [6.07, 6.45) is 2.58. The van der Waals surface area contributed by atoms with E-state index in [0.29, 0.717) is 31.5 Å². The van der Waals surface area contributed by atoms with E-state index >= 15 is 0 Å². The van der Waals surface area contributed by atoms with Crippen molar-refractivity contribution in [2.45, 2.75) is 37.2 Å². The monoisotopic (exact) mass is 445 g/mol. The molecule has 3 rings (SSSR count). The smallest absolute Gasteiger partial charge is 0.254 e. The van der Waals surface area contributed by atoms with Gasteiger partial charge in [0.2, 0.25) is 11.8 Å². The van der Waals surface area contributed by atoms with Gasteiger partial charge in [0, 0.05) is 37.5 Å². The molecular weight excluding hydrogens is 421 g/mol. The molecule has 9 heteroatoms. The molecule has 1 heterocycles. The molecule has 0 saturated carbocycles. The fourth-order valence-electron chi connectivity index (χ4n) is 3.48. The molecule has 2 unspecified atom stereocenters. The molecule has 1 aliphatic heterocycles. The summed E-state index contributed by atoms with van der Waals surface area (Å²) in [7, 11) is -1.46. The van der Waals surface area contributed by atoms with Crippen molar-refractivity contribution in [1.82, 2.24) is 10.2 Å². The van der Waals surface area contributed by atoms with Crippen LogP contribution in [0.25, 0.3) is 0 Å². The number of anilines is 1. The van der Waals surface area contributed by atoms with Crippen LogP contribution < -0.4 is 10.6 Å². The predicted octanol–water partition coefficient (Wildman–Crippen LogP) is 2.44. The number of hydrogen-bond acceptors (Lipinski definition) is 4. The highest BCUT2D eigenvalue weighted by molar-refractivity contribution is 7.84. The summed E-state index contributed by atoms with van der Waals surface area (Å²) >= 11 is 0. The second-order valence-corrected chi connectivity index (χ2v) is 8.70. The van der Waals surface area contributed by atoms with E-state index in [1.54, 1.807) is 24.3 Å². The maximum Gasteiger partial charge on any atom is 0.254 e. The molecule has 2 atom stereocenters. The van der Waals surface area contributed by atoms with Gasteiger partial charge in [-0.15, -0.1) is 0 Å². The van der Waals surface area contributed by atoms with Crippen molar-refractivity contribution in [2.75, 3.05) is 18.1 Å². The highest BCUT2D eigenvalue weighted by Crippen LogP contribution is 2.23. The van der Waals surface area contributed by atoms with Gasteiger partial charge in [0.1, 0.15) is 11.9 Å². The minimum absolute atomic E-state index is 0.0672. The number of carbonyl (C=O) groups is 3. The van der Waals surface area contributed by atoms with Crippen molar-refractivity contribution in [3.63, 3.8) is 0 Å². The Morgan fingerprint density at radius 2 is 1.87 bits per heavy atom. The number of rotatable bonds is 6. The maximum absolute atomic E-state index is 14.1. The van der Waals surface area contributed by atoms with Crippen molar-refractivity contribution in [1.29, 1.82) is 0 Å². The van der Waals surface area contributed by atoms with E-state index in [2.05, 4.69) is 10.6 Å². The van der Waals surface area contributed by atoms with Crippen LogP contribution in [0, 0.1) is 5.82 Å². The van der Waals surface area contributed by atoms with E-state index < -0.39 is 28.6 Å². The first-order chi connectivity index (χ1) is 14.8. The molecule has 0 radical (unpaired) electrons. The largest absolute Gasteiger partial charge is 0.352 e. The van der Waals surface area contributed by atoms with Crippen LogP contribution in [0.5, 0.6) is 0 Å². The molecule has 2 aromatic rings. The summed E-state index contributed by atoms with van der Waals surface area (Å²) in [4.78, 5) is 38.3. The molecule has 0 bridgehead atoms. The Hall–Kier alpha value is -3.07. The fourth-order valence-corrected chi connectivity index (χ4v) is 4.07. The SMILES string of the molecule is CC(=O)NCc1ccc(C(=O)N2CCCC2C(=O)Nc2ccc(S(C)=O)c(F)c2)cc1. The quantitative estimate of drug-likeness (QED) is 0.714. The molecule has 0 spiro atoms. The van der Waals surface area contributed by atoms with Crippen LogP contribution >= 0.6 is 0 Å². The number of amides is 3. The molecule has 3 amide bonds. The van der Waals surface area contributed by atoms with Gasteiger partial charge >= 0.3 is 0 Å². The van der Waals surface area contributed by atoms with E-state index in [1.807, 2.05) is 0 Å². The highest BCUT2D eigenvalue weighted by Gasteiger charge is 2.34. The van der Waals surface area contributed by atoms with Gasteiger partial charge in [0.05, 0.1) is 15.7 Å². The standard InChI is InChI=1S/C22H24FN3O4S/c1-14(27)24-13-15-5-7-16(8-6-15)22(29)26-11-3-4-19(26)21(28)25-17-9-10-20(31(2)30)18(23)12-17/h5-10,12,19H,3-4,11,13H2,1-2H3,(H,24,27)(H,25,28). The molecular formula is C22H24FN3O4S. The summed E-state index contributed by atoms with van der Waals surface area (Å²) < 4.78 is 25.5. The van der Waals surface area contributed by atoms with E-state index in [0.717, 1.165) is 11.6 Å². The number of benzene rings is 2. The van der Waals surface area contributed by atoms with E-state index in [9.17, 15) is 23.0 Å². The highest BCUT2D eigenvalue weighted by atomic mass is 32.2. The lowest BCUT2D eigenvalue weighted by atomic mass is 10.1. The van der Waals surface area contributed by atoms with Crippen LogP contribution in [-0.2, 0) is 26.9 Å². The number of nitrogens with one attached hydrogen (secondary N) is 2. The molecule has 7 nitrogen and oxygen atoms in total. The van der Waals surface area contributed by atoms with Crippen molar-refractivity contribution in [3.8, 4) is 0 Å². The summed E-state index contributed by atoms with van der Waals surface area (Å²) in [5.74, 6) is -1.44. The normalized spacial score (nSPS) is 16.6. The molecule has 1 aliphatic rings. The van der Waals surface area contributed by atoms with Crippen LogP contribution in [0.15, 0.2) is 47.4 Å². The lowest BCUT2D eigenvalue weighted by Gasteiger charge is -2.24. The first-order valence-corrected chi connectivity index (χ1v) is 11.4. The zero-order valence-electron chi connectivity index (χ0n) is 17.3. The second kappa shape index (κ2) is 9.82. The first-order valence-electron chi connectivity index (χ1n) is 9.84. The van der Waals surface area contributed by atoms with Gasteiger partial charge in [0.25, 0.3) is 5.91 Å². The average Bonchev–Trinajstić information content (AvgIpc) is 3.22. The zero-order chi connectivity index (χ0) is 22.5. The number of halogens is 1. The third kappa shape index (κ3) is 5.55. The Kier molecular flexibility index (Phi) is 7.17. The minimum atomic E-state index is -1.46. The molecule has 0 aliphatic carbocycles. The van der Waals surface area contributed by atoms with Gasteiger partial charge in [-0.3, -0.25) is 18.6 Å². The van der Waals surface area contributed by atoms with Gasteiger partial charge in [-0.1, -0.05) is 12.1 Å². The van der Waals surface area contributed by atoms with Gasteiger partial charge in [-0.2, -0.15) is 0 Å². The summed E-state index contributed by atoms with van der Waals surface area (Å²) in [5.41, 5.74) is 1.56. The maximum atomic E-state index is 14.1. The number of likely N-dealkylation sites (tertiary alicyclic amines) is 1. The Morgan fingerprint density at radius 1 is 1.16 bits per heavy atom. The van der Waals surface area contributed by atoms with Crippen LogP contribution in [0.1, 0.15) is 35.7 Å². The van der Waals surface area contributed by atoms with Gasteiger partial charge in [-0.05, 0) is 48.7 Å². The van der Waals surface area contributed by atoms with E-state index in [-0.39, 0.29) is 22.4 Å². The third-order valence-electron chi connectivity index (χ3n) is 5.07. The van der Waals surface area contributed by atoms with Crippen LogP contribution in [-0.4, -0.2) is 45.7 Å². The third-order valence-corrected chi connectivity index (χ3v) is 6.02. The average molecular weight is 446 g/mol. The van der Waals surface area contributed by atoms with Crippen molar-refractivity contribution >= 4 is 34.2 Å². The lowest BCUT2D eigenvalue weighted by molar-refractivity contribution is -0.120. The molecule has 1 saturated heterocycles. The summed E-state index contributed by atoms with van der Waals surface area (Å²) in [5, 5.41) is 5.35. The van der Waals surface area contributed by atoms with E-state index in [4.69, 9.17) is 0 Å². The molecule has 31 heavy (non-hydrogen) atoms. The minimum Gasteiger partial charge on any atom is -0.352 e. The van der Waals surface area contributed by atoms with Crippen molar-refractivity contribution in [3.05, 3.63) is 59.4 Å². The van der Waals surface area contributed by atoms with Crippen molar-refractivity contribution < 1.29 is 23.0 Å².